The maximum Gasteiger partial charge on any atom is 0.462 e. The van der Waals surface area contributed by atoms with Crippen molar-refractivity contribution >= 4 is 34.5 Å². The number of aromatic hydroxyl groups is 1. The largest absolute Gasteiger partial charge is 0.501 e. The van der Waals surface area contributed by atoms with Gasteiger partial charge in [0.05, 0.1) is 14.7 Å². The molecule has 0 radical (unpaired) electrons. The Hall–Kier alpha value is -1.87. The number of benzene rings is 1. The molecule has 1 aromatic rings. The van der Waals surface area contributed by atoms with Crippen LogP contribution < -0.4 is 5.43 Å². The van der Waals surface area contributed by atoms with Crippen LogP contribution in [0.2, 0.25) is 0 Å². The summed E-state index contributed by atoms with van der Waals surface area (Å²) in [6.07, 6.45) is -6.17. The van der Waals surface area contributed by atoms with Crippen molar-refractivity contribution in [1.82, 2.24) is 5.43 Å². The molecule has 0 saturated heterocycles. The van der Waals surface area contributed by atoms with Crippen LogP contribution in [0.25, 0.3) is 0 Å². The van der Waals surface area contributed by atoms with Crippen LogP contribution in [0.3, 0.4) is 0 Å². The summed E-state index contributed by atoms with van der Waals surface area (Å²) >= 11 is 1.45. The predicted molar refractivity (Wildman–Crippen MR) is 74.2 cm³/mol. The molecule has 24 heavy (non-hydrogen) atoms. The van der Waals surface area contributed by atoms with E-state index in [1.165, 1.54) is 22.6 Å². The second kappa shape index (κ2) is 6.56. The molecular formula is C10H5F7IN3O3. The summed E-state index contributed by atoms with van der Waals surface area (Å²) in [5.74, 6) is -7.13. The molecule has 0 bridgehead atoms. The third-order valence-electron chi connectivity index (χ3n) is 2.43. The molecule has 0 spiro atoms. The highest BCUT2D eigenvalue weighted by atomic mass is 127. The molecule has 2 N–H and O–H groups in total. The third-order valence-corrected chi connectivity index (χ3v) is 3.25. The average molecular weight is 475 g/mol. The lowest BCUT2D eigenvalue weighted by atomic mass is 10.2. The Morgan fingerprint density at radius 1 is 1.21 bits per heavy atom. The van der Waals surface area contributed by atoms with Gasteiger partial charge in [-0.3, -0.25) is 10.1 Å². The van der Waals surface area contributed by atoms with E-state index in [4.69, 9.17) is 0 Å². The molecule has 0 amide bonds. The number of nitro groups is 1. The summed E-state index contributed by atoms with van der Waals surface area (Å²) in [7, 11) is 0. The number of hydrogen-bond donors (Lipinski definition) is 2. The van der Waals surface area contributed by atoms with E-state index in [1.807, 2.05) is 0 Å². The molecule has 0 aromatic heterocycles. The SMILES string of the molecule is O=[N+]([O-])c1cc(/C=N/NC(F)(F)C(F)(F)C(F)(F)F)cc(I)c1O. The van der Waals surface area contributed by atoms with E-state index in [9.17, 15) is 46.0 Å². The zero-order chi connectivity index (χ0) is 18.9. The Labute approximate surface area is 141 Å². The predicted octanol–water partition coefficient (Wildman–Crippen LogP) is 3.62. The van der Waals surface area contributed by atoms with Crippen molar-refractivity contribution < 1.29 is 40.8 Å². The highest BCUT2D eigenvalue weighted by Crippen LogP contribution is 2.45. The van der Waals surface area contributed by atoms with E-state index < -0.39 is 34.5 Å². The van der Waals surface area contributed by atoms with Gasteiger partial charge in [-0.1, -0.05) is 0 Å². The summed E-state index contributed by atoms with van der Waals surface area (Å²) < 4.78 is 86.6. The van der Waals surface area contributed by atoms with E-state index in [1.54, 1.807) is 0 Å². The lowest BCUT2D eigenvalue weighted by molar-refractivity contribution is -0.386. The number of halogens is 8. The Morgan fingerprint density at radius 2 is 1.75 bits per heavy atom. The second-order valence-corrected chi connectivity index (χ2v) is 5.31. The minimum atomic E-state index is -6.52. The number of phenolic OH excluding ortho intramolecular Hbond substituents is 1. The van der Waals surface area contributed by atoms with Crippen LogP contribution in [-0.2, 0) is 0 Å². The van der Waals surface area contributed by atoms with Crippen molar-refractivity contribution in [2.75, 3.05) is 0 Å². The zero-order valence-corrected chi connectivity index (χ0v) is 13.1. The van der Waals surface area contributed by atoms with Crippen LogP contribution >= 0.6 is 22.6 Å². The number of nitro benzene ring substituents is 1. The average Bonchev–Trinajstić information content (AvgIpc) is 2.40. The van der Waals surface area contributed by atoms with Crippen LogP contribution in [0.15, 0.2) is 17.2 Å². The Balaban J connectivity index is 3.05. The van der Waals surface area contributed by atoms with E-state index >= 15 is 0 Å². The molecule has 0 saturated carbocycles. The van der Waals surface area contributed by atoms with Gasteiger partial charge >= 0.3 is 23.8 Å². The fraction of sp³-hybridized carbons (Fsp3) is 0.300. The molecular weight excluding hydrogens is 470 g/mol. The standard InChI is InChI=1S/C10H5F7IN3O3/c11-8(12,9(13,14)15)10(16,17)20-19-3-4-1-5(18)7(22)6(2-4)21(23)24/h1-3,20,22H/b19-3+. The van der Waals surface area contributed by atoms with Crippen molar-refractivity contribution in [2.24, 2.45) is 5.10 Å². The summed E-state index contributed by atoms with van der Waals surface area (Å²) in [6.45, 7) is 0. The van der Waals surface area contributed by atoms with Crippen LogP contribution in [0, 0.1) is 13.7 Å². The summed E-state index contributed by atoms with van der Waals surface area (Å²) in [4.78, 5) is 9.62. The monoisotopic (exact) mass is 475 g/mol. The first kappa shape index (κ1) is 20.2. The topological polar surface area (TPSA) is 87.8 Å². The van der Waals surface area contributed by atoms with Gasteiger partial charge < -0.3 is 5.11 Å². The van der Waals surface area contributed by atoms with Crippen molar-refractivity contribution in [3.8, 4) is 5.75 Å². The van der Waals surface area contributed by atoms with E-state index in [2.05, 4.69) is 5.10 Å². The molecule has 0 aliphatic rings. The maximum atomic E-state index is 12.9. The normalized spacial score (nSPS) is 13.3. The van der Waals surface area contributed by atoms with Crippen molar-refractivity contribution in [3.63, 3.8) is 0 Å². The van der Waals surface area contributed by atoms with Gasteiger partial charge in [-0.2, -0.15) is 35.8 Å². The number of nitrogens with zero attached hydrogens (tertiary/aromatic N) is 2. The van der Waals surface area contributed by atoms with Gasteiger partial charge in [0.15, 0.2) is 0 Å². The zero-order valence-electron chi connectivity index (χ0n) is 10.9. The van der Waals surface area contributed by atoms with Gasteiger partial charge in [-0.15, -0.1) is 0 Å². The van der Waals surface area contributed by atoms with E-state index in [0.29, 0.717) is 17.7 Å². The van der Waals surface area contributed by atoms with Crippen molar-refractivity contribution in [2.45, 2.75) is 18.1 Å². The van der Waals surface area contributed by atoms with Crippen molar-refractivity contribution in [1.29, 1.82) is 0 Å². The third kappa shape index (κ3) is 3.96. The Kier molecular flexibility index (Phi) is 5.51. The molecule has 1 rings (SSSR count). The molecule has 0 aliphatic heterocycles. The lowest BCUT2D eigenvalue weighted by Crippen LogP contribution is -2.58. The van der Waals surface area contributed by atoms with Gasteiger partial charge in [0.1, 0.15) is 0 Å². The second-order valence-electron chi connectivity index (χ2n) is 4.14. The van der Waals surface area contributed by atoms with E-state index in [-0.39, 0.29) is 9.13 Å². The van der Waals surface area contributed by atoms with Crippen molar-refractivity contribution in [3.05, 3.63) is 31.4 Å². The number of nitrogens with one attached hydrogen (secondary N) is 1. The lowest BCUT2D eigenvalue weighted by Gasteiger charge is -2.27. The van der Waals surface area contributed by atoms with Crippen LogP contribution in [0.4, 0.5) is 36.4 Å². The molecule has 134 valence electrons. The van der Waals surface area contributed by atoms with Gasteiger partial charge in [-0.05, 0) is 28.7 Å². The molecule has 0 atom stereocenters. The quantitative estimate of drug-likeness (QED) is 0.170. The molecule has 6 nitrogen and oxygen atoms in total. The Bertz CT molecular complexity index is 678. The summed E-state index contributed by atoms with van der Waals surface area (Å²) in [5, 5.41) is 22.6. The highest BCUT2D eigenvalue weighted by molar-refractivity contribution is 14.1. The van der Waals surface area contributed by atoms with Crippen LogP contribution in [0.5, 0.6) is 5.75 Å². The minimum absolute atomic E-state index is 0.101. The first-order valence-corrected chi connectivity index (χ1v) is 6.58. The maximum absolute atomic E-state index is 12.9. The van der Waals surface area contributed by atoms with E-state index in [0.717, 1.165) is 6.07 Å². The van der Waals surface area contributed by atoms with Gasteiger partial charge in [0.2, 0.25) is 5.75 Å². The molecule has 1 aromatic carbocycles. The number of phenols is 1. The Morgan fingerprint density at radius 3 is 2.21 bits per heavy atom. The fourth-order valence-electron chi connectivity index (χ4n) is 1.25. The highest BCUT2D eigenvalue weighted by Gasteiger charge is 2.73. The first-order valence-electron chi connectivity index (χ1n) is 5.50. The molecule has 0 fully saturated rings. The van der Waals surface area contributed by atoms with Gasteiger partial charge in [0.25, 0.3) is 0 Å². The molecule has 0 unspecified atom stereocenters. The first-order chi connectivity index (χ1) is 10.7. The smallest absolute Gasteiger partial charge is 0.462 e. The molecule has 0 aliphatic carbocycles. The van der Waals surface area contributed by atoms with Gasteiger partial charge in [-0.25, -0.2) is 5.43 Å². The molecule has 14 heteroatoms. The fourth-order valence-corrected chi connectivity index (χ4v) is 1.89. The number of rotatable bonds is 5. The van der Waals surface area contributed by atoms with Crippen LogP contribution in [-0.4, -0.2) is 34.4 Å². The number of hydrazone groups is 1. The number of alkyl halides is 7. The number of hydrogen-bond acceptors (Lipinski definition) is 5. The summed E-state index contributed by atoms with van der Waals surface area (Å²) in [5.41, 5.74) is -0.772. The summed E-state index contributed by atoms with van der Waals surface area (Å²) in [6, 6.07) is -4.10. The van der Waals surface area contributed by atoms with Gasteiger partial charge in [0, 0.05) is 11.6 Å². The van der Waals surface area contributed by atoms with Crippen LogP contribution in [0.1, 0.15) is 5.56 Å². The minimum Gasteiger partial charge on any atom is -0.501 e. The molecule has 0 heterocycles.